The molecule has 0 saturated carbocycles. The van der Waals surface area contributed by atoms with E-state index >= 15 is 0 Å². The van der Waals surface area contributed by atoms with Crippen LogP contribution in [0.25, 0.3) is 0 Å². The first-order valence-corrected chi connectivity index (χ1v) is 8.80. The third kappa shape index (κ3) is 10.3. The molecule has 0 spiro atoms. The fraction of sp³-hybridized carbons (Fsp3) is 0.941. The average molecular weight is 316 g/mol. The summed E-state index contributed by atoms with van der Waals surface area (Å²) in [6, 6.07) is 0. The number of aliphatic hydroxyl groups is 1. The smallest absolute Gasteiger partial charge is 0.160 e. The van der Waals surface area contributed by atoms with E-state index in [4.69, 9.17) is 19.3 Å². The van der Waals surface area contributed by atoms with Crippen LogP contribution in [0, 0.1) is 0 Å². The van der Waals surface area contributed by atoms with E-state index in [0.29, 0.717) is 6.42 Å². The lowest BCUT2D eigenvalue weighted by atomic mass is 10.2. The van der Waals surface area contributed by atoms with E-state index in [1.165, 1.54) is 25.7 Å². The highest BCUT2D eigenvalue weighted by Crippen LogP contribution is 2.20. The Kier molecular flexibility index (Phi) is 12.6. The number of unbranched alkanes of at least 4 members (excludes halogenated alkanes) is 4. The first-order valence-electron chi connectivity index (χ1n) is 8.80. The molecule has 5 heteroatoms. The molecule has 2 atom stereocenters. The molecule has 0 radical (unpaired) electrons. The minimum atomic E-state index is -0.00292. The summed E-state index contributed by atoms with van der Waals surface area (Å²) in [7, 11) is 0. The van der Waals surface area contributed by atoms with Gasteiger partial charge in [-0.05, 0) is 51.4 Å². The molecule has 0 aromatic heterocycles. The number of hydrogen-bond donors (Lipinski definition) is 1. The van der Waals surface area contributed by atoms with Crippen molar-refractivity contribution in [3.05, 3.63) is 0 Å². The van der Waals surface area contributed by atoms with Gasteiger partial charge in [0.05, 0.1) is 0 Å². The summed E-state index contributed by atoms with van der Waals surface area (Å²) in [6.45, 7) is 1.97. The number of rotatable bonds is 8. The van der Waals surface area contributed by atoms with Crippen LogP contribution >= 0.6 is 0 Å². The Morgan fingerprint density at radius 1 is 0.909 bits per heavy atom. The molecule has 0 amide bonds. The largest absolute Gasteiger partial charge is 0.396 e. The van der Waals surface area contributed by atoms with Gasteiger partial charge in [0.25, 0.3) is 0 Å². The Balaban J connectivity index is 0.000000239. The molecular weight excluding hydrogens is 284 g/mol. The highest BCUT2D eigenvalue weighted by Gasteiger charge is 2.21. The van der Waals surface area contributed by atoms with Gasteiger partial charge in [0.1, 0.15) is 6.29 Å². The van der Waals surface area contributed by atoms with Crippen molar-refractivity contribution in [3.63, 3.8) is 0 Å². The van der Waals surface area contributed by atoms with E-state index in [9.17, 15) is 4.79 Å². The maximum atomic E-state index is 9.79. The standard InChI is InChI=1S/C10H18O3.C7H14O2/c1-3-7-11-9(5-1)13-10-6-2-4-8-12-10;8-6-4-2-1-3-5-7-9/h9-10H,1-8H2;6,9H,1-5,7H2. The van der Waals surface area contributed by atoms with Gasteiger partial charge in [0.15, 0.2) is 12.6 Å². The molecule has 2 aliphatic rings. The topological polar surface area (TPSA) is 65.0 Å². The summed E-state index contributed by atoms with van der Waals surface area (Å²) in [5.74, 6) is 0. The summed E-state index contributed by atoms with van der Waals surface area (Å²) in [4.78, 5) is 9.79. The fourth-order valence-corrected chi connectivity index (χ4v) is 2.50. The van der Waals surface area contributed by atoms with E-state index in [1.807, 2.05) is 0 Å². The van der Waals surface area contributed by atoms with Gasteiger partial charge in [-0.3, -0.25) is 0 Å². The van der Waals surface area contributed by atoms with E-state index in [-0.39, 0.29) is 19.2 Å². The van der Waals surface area contributed by atoms with Gasteiger partial charge < -0.3 is 24.1 Å². The van der Waals surface area contributed by atoms with Gasteiger partial charge in [0.2, 0.25) is 0 Å². The SMILES string of the molecule is C1CCC(OC2CCCCO2)OC1.O=CCCCCCCO. The van der Waals surface area contributed by atoms with Crippen LogP contribution in [0.2, 0.25) is 0 Å². The summed E-state index contributed by atoms with van der Waals surface area (Å²) >= 11 is 0. The molecule has 0 aliphatic carbocycles. The first-order chi connectivity index (χ1) is 10.9. The highest BCUT2D eigenvalue weighted by molar-refractivity contribution is 5.48. The van der Waals surface area contributed by atoms with Crippen molar-refractivity contribution in [3.8, 4) is 0 Å². The summed E-state index contributed by atoms with van der Waals surface area (Å²) in [6.07, 6.45) is 12.4. The number of ether oxygens (including phenoxy) is 3. The lowest BCUT2D eigenvalue weighted by molar-refractivity contribution is -0.264. The lowest BCUT2D eigenvalue weighted by Crippen LogP contribution is -2.31. The van der Waals surface area contributed by atoms with Crippen LogP contribution in [0.15, 0.2) is 0 Å². The second-order valence-corrected chi connectivity index (χ2v) is 5.82. The van der Waals surface area contributed by atoms with E-state index in [1.54, 1.807) is 0 Å². The Morgan fingerprint density at radius 2 is 1.50 bits per heavy atom. The number of carbonyl (C=O) groups excluding carboxylic acids is 1. The van der Waals surface area contributed by atoms with Crippen LogP contribution in [0.3, 0.4) is 0 Å². The van der Waals surface area contributed by atoms with Crippen molar-refractivity contribution < 1.29 is 24.1 Å². The van der Waals surface area contributed by atoms with Gasteiger partial charge in [-0.15, -0.1) is 0 Å². The van der Waals surface area contributed by atoms with Crippen molar-refractivity contribution in [1.82, 2.24) is 0 Å². The Bertz CT molecular complexity index is 231. The van der Waals surface area contributed by atoms with Crippen molar-refractivity contribution >= 4 is 6.29 Å². The summed E-state index contributed by atoms with van der Waals surface area (Å²) in [5, 5.41) is 8.35. The Labute approximate surface area is 134 Å². The van der Waals surface area contributed by atoms with Crippen LogP contribution in [0.1, 0.15) is 70.6 Å². The molecule has 1 N–H and O–H groups in total. The van der Waals surface area contributed by atoms with Crippen LogP contribution in [-0.2, 0) is 19.0 Å². The molecule has 2 saturated heterocycles. The number of aldehydes is 1. The zero-order chi connectivity index (χ0) is 15.9. The molecule has 22 heavy (non-hydrogen) atoms. The number of carbonyl (C=O) groups is 1. The fourth-order valence-electron chi connectivity index (χ4n) is 2.50. The molecule has 2 rings (SSSR count). The summed E-state index contributed by atoms with van der Waals surface area (Å²) in [5.41, 5.74) is 0. The van der Waals surface area contributed by atoms with Gasteiger partial charge in [-0.25, -0.2) is 0 Å². The number of aliphatic hydroxyl groups excluding tert-OH is 1. The Morgan fingerprint density at radius 3 is 1.95 bits per heavy atom. The Hall–Kier alpha value is -0.490. The second kappa shape index (κ2) is 14.1. The third-order valence-electron chi connectivity index (χ3n) is 3.81. The maximum absolute atomic E-state index is 9.79. The normalized spacial score (nSPS) is 25.1. The van der Waals surface area contributed by atoms with Crippen LogP contribution < -0.4 is 0 Å². The molecular formula is C17H32O5. The molecule has 2 fully saturated rings. The quantitative estimate of drug-likeness (QED) is 0.550. The average Bonchev–Trinajstić information content (AvgIpc) is 2.57. The molecule has 0 aromatic carbocycles. The molecule has 2 unspecified atom stereocenters. The predicted octanol–water partition coefficient (Wildman–Crippen LogP) is 3.18. The van der Waals surface area contributed by atoms with Gasteiger partial charge >= 0.3 is 0 Å². The minimum Gasteiger partial charge on any atom is -0.396 e. The van der Waals surface area contributed by atoms with E-state index < -0.39 is 0 Å². The van der Waals surface area contributed by atoms with Gasteiger partial charge in [0, 0.05) is 26.2 Å². The van der Waals surface area contributed by atoms with Gasteiger partial charge in [-0.2, -0.15) is 0 Å². The minimum absolute atomic E-state index is 0.00292. The van der Waals surface area contributed by atoms with Gasteiger partial charge in [-0.1, -0.05) is 12.8 Å². The highest BCUT2D eigenvalue weighted by atomic mass is 16.8. The van der Waals surface area contributed by atoms with Crippen molar-refractivity contribution in [1.29, 1.82) is 0 Å². The zero-order valence-corrected chi connectivity index (χ0v) is 13.7. The summed E-state index contributed by atoms with van der Waals surface area (Å²) < 4.78 is 16.6. The van der Waals surface area contributed by atoms with Crippen molar-refractivity contribution in [2.45, 2.75) is 83.2 Å². The van der Waals surface area contributed by atoms with Crippen LogP contribution in [0.5, 0.6) is 0 Å². The lowest BCUT2D eigenvalue weighted by Gasteiger charge is -2.29. The first kappa shape index (κ1) is 19.6. The van der Waals surface area contributed by atoms with E-state index in [2.05, 4.69) is 0 Å². The van der Waals surface area contributed by atoms with E-state index in [0.717, 1.165) is 58.0 Å². The van der Waals surface area contributed by atoms with Crippen LogP contribution in [0.4, 0.5) is 0 Å². The van der Waals surface area contributed by atoms with Crippen molar-refractivity contribution in [2.75, 3.05) is 19.8 Å². The monoisotopic (exact) mass is 316 g/mol. The zero-order valence-electron chi connectivity index (χ0n) is 13.7. The van der Waals surface area contributed by atoms with Crippen molar-refractivity contribution in [2.24, 2.45) is 0 Å². The predicted molar refractivity (Wildman–Crippen MR) is 84.5 cm³/mol. The maximum Gasteiger partial charge on any atom is 0.160 e. The van der Waals surface area contributed by atoms with Crippen LogP contribution in [-0.4, -0.2) is 43.8 Å². The molecule has 2 heterocycles. The number of hydrogen-bond acceptors (Lipinski definition) is 5. The molecule has 5 nitrogen and oxygen atoms in total. The molecule has 0 aromatic rings. The third-order valence-corrected chi connectivity index (χ3v) is 3.81. The molecule has 0 bridgehead atoms. The molecule has 130 valence electrons. The molecule has 2 aliphatic heterocycles. The second-order valence-electron chi connectivity index (χ2n) is 5.82.